The second-order valence-electron chi connectivity index (χ2n) is 5.14. The van der Waals surface area contributed by atoms with Crippen LogP contribution in [0, 0.1) is 0 Å². The maximum atomic E-state index is 11.7. The Bertz CT molecular complexity index is 411. The minimum Gasteiger partial charge on any atom is -0.376 e. The average Bonchev–Trinajstić information content (AvgIpc) is 3.05. The van der Waals surface area contributed by atoms with Gasteiger partial charge in [-0.25, -0.2) is 0 Å². The SMILES string of the molecule is CC(C)c1noc(CCC(=O)NC[C@@H]2CCCO2)n1. The molecule has 1 fully saturated rings. The fourth-order valence-corrected chi connectivity index (χ4v) is 1.95. The summed E-state index contributed by atoms with van der Waals surface area (Å²) in [4.78, 5) is 15.9. The lowest BCUT2D eigenvalue weighted by atomic mass is 10.2. The number of ether oxygens (including phenoxy) is 1. The van der Waals surface area contributed by atoms with Crippen molar-refractivity contribution >= 4 is 5.91 Å². The molecule has 1 saturated heterocycles. The van der Waals surface area contributed by atoms with Gasteiger partial charge in [-0.3, -0.25) is 4.79 Å². The highest BCUT2D eigenvalue weighted by atomic mass is 16.5. The molecule has 0 aliphatic carbocycles. The first-order chi connectivity index (χ1) is 9.15. The van der Waals surface area contributed by atoms with E-state index in [9.17, 15) is 4.79 Å². The normalized spacial score (nSPS) is 19.0. The van der Waals surface area contributed by atoms with E-state index in [1.54, 1.807) is 0 Å². The van der Waals surface area contributed by atoms with E-state index in [1.807, 2.05) is 13.8 Å². The number of carbonyl (C=O) groups is 1. The molecule has 1 atom stereocenters. The van der Waals surface area contributed by atoms with Gasteiger partial charge >= 0.3 is 0 Å². The Morgan fingerprint density at radius 1 is 1.53 bits per heavy atom. The van der Waals surface area contributed by atoms with Crippen LogP contribution in [0.25, 0.3) is 0 Å². The molecule has 2 rings (SSSR count). The van der Waals surface area contributed by atoms with E-state index >= 15 is 0 Å². The van der Waals surface area contributed by atoms with Crippen molar-refractivity contribution in [3.05, 3.63) is 11.7 Å². The van der Waals surface area contributed by atoms with E-state index in [-0.39, 0.29) is 17.9 Å². The van der Waals surface area contributed by atoms with Gasteiger partial charge in [0.2, 0.25) is 11.8 Å². The predicted molar refractivity (Wildman–Crippen MR) is 68.7 cm³/mol. The standard InChI is InChI=1S/C13H21N3O3/c1-9(2)13-15-12(19-16-13)6-5-11(17)14-8-10-4-3-7-18-10/h9-10H,3-8H2,1-2H3,(H,14,17)/t10-/m0/s1. The number of rotatable bonds is 6. The van der Waals surface area contributed by atoms with Crippen LogP contribution in [0.1, 0.15) is 50.7 Å². The van der Waals surface area contributed by atoms with Gasteiger partial charge in [0.15, 0.2) is 5.82 Å². The van der Waals surface area contributed by atoms with E-state index < -0.39 is 0 Å². The van der Waals surface area contributed by atoms with Crippen LogP contribution in [0.4, 0.5) is 0 Å². The molecule has 106 valence electrons. The molecule has 0 saturated carbocycles. The molecule has 0 spiro atoms. The molecule has 1 aromatic heterocycles. The lowest BCUT2D eigenvalue weighted by Crippen LogP contribution is -2.31. The zero-order valence-electron chi connectivity index (χ0n) is 11.5. The van der Waals surface area contributed by atoms with Gasteiger partial charge in [-0.05, 0) is 12.8 Å². The molecule has 0 unspecified atom stereocenters. The summed E-state index contributed by atoms with van der Waals surface area (Å²) < 4.78 is 10.5. The molecule has 1 aliphatic rings. The van der Waals surface area contributed by atoms with Crippen LogP contribution in [-0.4, -0.2) is 35.3 Å². The molecular weight excluding hydrogens is 246 g/mol. The summed E-state index contributed by atoms with van der Waals surface area (Å²) in [6, 6.07) is 0. The molecular formula is C13H21N3O3. The zero-order valence-corrected chi connectivity index (χ0v) is 11.5. The van der Waals surface area contributed by atoms with Crippen molar-refractivity contribution in [3.8, 4) is 0 Å². The van der Waals surface area contributed by atoms with Gasteiger partial charge in [0.1, 0.15) is 0 Å². The number of aryl methyl sites for hydroxylation is 1. The van der Waals surface area contributed by atoms with Gasteiger partial charge in [0.05, 0.1) is 6.10 Å². The second kappa shape index (κ2) is 6.65. The maximum Gasteiger partial charge on any atom is 0.227 e. The van der Waals surface area contributed by atoms with Gasteiger partial charge in [-0.2, -0.15) is 4.98 Å². The number of nitrogens with zero attached hydrogens (tertiary/aromatic N) is 2. The fraction of sp³-hybridized carbons (Fsp3) is 0.769. The van der Waals surface area contributed by atoms with Crippen LogP contribution >= 0.6 is 0 Å². The smallest absolute Gasteiger partial charge is 0.227 e. The molecule has 6 heteroatoms. The Morgan fingerprint density at radius 2 is 2.37 bits per heavy atom. The number of carbonyl (C=O) groups excluding carboxylic acids is 1. The number of hydrogen-bond donors (Lipinski definition) is 1. The second-order valence-corrected chi connectivity index (χ2v) is 5.14. The third-order valence-corrected chi connectivity index (χ3v) is 3.12. The molecule has 1 N–H and O–H groups in total. The van der Waals surface area contributed by atoms with Crippen molar-refractivity contribution in [2.75, 3.05) is 13.2 Å². The van der Waals surface area contributed by atoms with Crippen LogP contribution in [0.5, 0.6) is 0 Å². The van der Waals surface area contributed by atoms with Crippen molar-refractivity contribution in [2.24, 2.45) is 0 Å². The first-order valence-electron chi connectivity index (χ1n) is 6.86. The molecule has 1 aromatic rings. The van der Waals surface area contributed by atoms with E-state index in [4.69, 9.17) is 9.26 Å². The fourth-order valence-electron chi connectivity index (χ4n) is 1.95. The number of aromatic nitrogens is 2. The Balaban J connectivity index is 1.67. The highest BCUT2D eigenvalue weighted by Crippen LogP contribution is 2.11. The van der Waals surface area contributed by atoms with Gasteiger partial charge in [-0.15, -0.1) is 0 Å². The van der Waals surface area contributed by atoms with Crippen LogP contribution in [0.3, 0.4) is 0 Å². The molecule has 2 heterocycles. The topological polar surface area (TPSA) is 77.2 Å². The summed E-state index contributed by atoms with van der Waals surface area (Å²) >= 11 is 0. The number of hydrogen-bond acceptors (Lipinski definition) is 5. The number of nitrogens with one attached hydrogen (secondary N) is 1. The summed E-state index contributed by atoms with van der Waals surface area (Å²) in [6.07, 6.45) is 3.14. The largest absolute Gasteiger partial charge is 0.376 e. The van der Waals surface area contributed by atoms with E-state index in [2.05, 4.69) is 15.5 Å². The Hall–Kier alpha value is -1.43. The minimum atomic E-state index is -0.000188. The molecule has 0 bridgehead atoms. The summed E-state index contributed by atoms with van der Waals surface area (Å²) in [5.41, 5.74) is 0. The van der Waals surface area contributed by atoms with Gasteiger partial charge in [0.25, 0.3) is 0 Å². The van der Waals surface area contributed by atoms with Crippen LogP contribution in [0.15, 0.2) is 4.52 Å². The van der Waals surface area contributed by atoms with Crippen molar-refractivity contribution in [3.63, 3.8) is 0 Å². The highest BCUT2D eigenvalue weighted by molar-refractivity contribution is 5.76. The van der Waals surface area contributed by atoms with Crippen LogP contribution in [0.2, 0.25) is 0 Å². The van der Waals surface area contributed by atoms with Crippen LogP contribution < -0.4 is 5.32 Å². The van der Waals surface area contributed by atoms with Crippen molar-refractivity contribution in [2.45, 2.75) is 51.6 Å². The molecule has 0 aromatic carbocycles. The predicted octanol–water partition coefficient (Wildman–Crippen LogP) is 1.42. The van der Waals surface area contributed by atoms with Gasteiger partial charge in [-0.1, -0.05) is 19.0 Å². The minimum absolute atomic E-state index is 0.000188. The maximum absolute atomic E-state index is 11.7. The highest BCUT2D eigenvalue weighted by Gasteiger charge is 2.16. The van der Waals surface area contributed by atoms with Crippen molar-refractivity contribution in [1.29, 1.82) is 0 Å². The molecule has 1 amide bonds. The third-order valence-electron chi connectivity index (χ3n) is 3.12. The summed E-state index contributed by atoms with van der Waals surface area (Å²) in [5.74, 6) is 1.45. The first kappa shape index (κ1) is 14.0. The van der Waals surface area contributed by atoms with E-state index in [0.29, 0.717) is 31.1 Å². The first-order valence-corrected chi connectivity index (χ1v) is 6.86. The van der Waals surface area contributed by atoms with Gasteiger partial charge in [0, 0.05) is 31.9 Å². The average molecular weight is 267 g/mol. The van der Waals surface area contributed by atoms with E-state index in [0.717, 1.165) is 19.4 Å². The summed E-state index contributed by atoms with van der Waals surface area (Å²) in [6.45, 7) is 5.41. The van der Waals surface area contributed by atoms with Crippen molar-refractivity contribution < 1.29 is 14.1 Å². The summed E-state index contributed by atoms with van der Waals surface area (Å²) in [5, 5.41) is 6.74. The van der Waals surface area contributed by atoms with Gasteiger partial charge < -0.3 is 14.6 Å². The Kier molecular flexibility index (Phi) is 4.90. The quantitative estimate of drug-likeness (QED) is 0.843. The number of amides is 1. The van der Waals surface area contributed by atoms with Crippen molar-refractivity contribution in [1.82, 2.24) is 15.5 Å². The summed E-state index contributed by atoms with van der Waals surface area (Å²) in [7, 11) is 0. The lowest BCUT2D eigenvalue weighted by Gasteiger charge is -2.09. The zero-order chi connectivity index (χ0) is 13.7. The Morgan fingerprint density at radius 3 is 3.00 bits per heavy atom. The molecule has 1 aliphatic heterocycles. The monoisotopic (exact) mass is 267 g/mol. The molecule has 19 heavy (non-hydrogen) atoms. The molecule has 6 nitrogen and oxygen atoms in total. The van der Waals surface area contributed by atoms with E-state index in [1.165, 1.54) is 0 Å². The lowest BCUT2D eigenvalue weighted by molar-refractivity contribution is -0.121. The molecule has 0 radical (unpaired) electrons. The third kappa shape index (κ3) is 4.31. The Labute approximate surface area is 112 Å². The van der Waals surface area contributed by atoms with Crippen LogP contribution in [-0.2, 0) is 16.0 Å².